The molecule has 18 heavy (non-hydrogen) atoms. The van der Waals surface area contributed by atoms with Crippen molar-refractivity contribution < 1.29 is 4.79 Å². The highest BCUT2D eigenvalue weighted by atomic mass is 16.2. The molecule has 106 valence electrons. The molecule has 4 heteroatoms. The Kier molecular flexibility index (Phi) is 7.81. The molecule has 0 aliphatic carbocycles. The summed E-state index contributed by atoms with van der Waals surface area (Å²) >= 11 is 0. The fourth-order valence-corrected chi connectivity index (χ4v) is 2.60. The van der Waals surface area contributed by atoms with Gasteiger partial charge >= 0.3 is 6.03 Å². The molecule has 0 unspecified atom stereocenters. The molecule has 1 aliphatic heterocycles. The average Bonchev–Trinajstić information content (AvgIpc) is 2.41. The molecular weight excluding hydrogens is 226 g/mol. The largest absolute Gasteiger partial charge is 0.338 e. The molecule has 1 aliphatic rings. The summed E-state index contributed by atoms with van der Waals surface area (Å²) in [7, 11) is 0. The van der Waals surface area contributed by atoms with Crippen LogP contribution in [0.4, 0.5) is 4.79 Å². The average molecular weight is 255 g/mol. The Morgan fingerprint density at radius 3 is 2.72 bits per heavy atom. The van der Waals surface area contributed by atoms with Crippen molar-refractivity contribution in [1.29, 1.82) is 0 Å². The zero-order valence-corrected chi connectivity index (χ0v) is 12.0. The van der Waals surface area contributed by atoms with Gasteiger partial charge in [0.25, 0.3) is 0 Å². The minimum absolute atomic E-state index is 0.0254. The highest BCUT2D eigenvalue weighted by Crippen LogP contribution is 2.19. The number of carbonyl (C=O) groups is 1. The van der Waals surface area contributed by atoms with Gasteiger partial charge in [-0.1, -0.05) is 20.3 Å². The molecule has 1 saturated heterocycles. The van der Waals surface area contributed by atoms with Crippen LogP contribution in [0.15, 0.2) is 0 Å². The molecule has 4 nitrogen and oxygen atoms in total. The van der Waals surface area contributed by atoms with E-state index >= 15 is 0 Å². The van der Waals surface area contributed by atoms with Crippen molar-refractivity contribution in [2.45, 2.75) is 58.4 Å². The minimum Gasteiger partial charge on any atom is -0.338 e. The van der Waals surface area contributed by atoms with Crippen LogP contribution in [0.2, 0.25) is 0 Å². The second-order valence-corrected chi connectivity index (χ2v) is 5.13. The summed E-state index contributed by atoms with van der Waals surface area (Å²) in [6.45, 7) is 8.23. The maximum absolute atomic E-state index is 11.3. The summed E-state index contributed by atoms with van der Waals surface area (Å²) in [6, 6.07) is 0.746. The second-order valence-electron chi connectivity index (χ2n) is 5.13. The molecule has 0 aromatic carbocycles. The van der Waals surface area contributed by atoms with Crippen LogP contribution in [0.1, 0.15) is 52.4 Å². The lowest BCUT2D eigenvalue weighted by molar-refractivity contribution is 0.142. The first kappa shape index (κ1) is 15.3. The lowest BCUT2D eigenvalue weighted by Gasteiger charge is -2.35. The third-order valence-electron chi connectivity index (χ3n) is 3.66. The van der Waals surface area contributed by atoms with E-state index in [0.29, 0.717) is 0 Å². The lowest BCUT2D eigenvalue weighted by Crippen LogP contribution is -2.41. The standard InChI is InChI=1S/C14H29N3O/c1-3-9-15-14(18)16-10-7-12-17-11-6-5-8-13(17)4-2/h13H,3-12H2,1-2H3,(H2,15,16,18)/t13-/m0/s1. The number of piperidine rings is 1. The Morgan fingerprint density at radius 2 is 2.00 bits per heavy atom. The molecule has 0 spiro atoms. The van der Waals surface area contributed by atoms with Gasteiger partial charge in [-0.15, -0.1) is 0 Å². The van der Waals surface area contributed by atoms with Crippen LogP contribution in [0.3, 0.4) is 0 Å². The van der Waals surface area contributed by atoms with Crippen LogP contribution < -0.4 is 10.6 Å². The van der Waals surface area contributed by atoms with Crippen LogP contribution in [0.25, 0.3) is 0 Å². The number of hydrogen-bond donors (Lipinski definition) is 2. The molecule has 1 fully saturated rings. The molecule has 1 atom stereocenters. The molecule has 1 rings (SSSR count). The third kappa shape index (κ3) is 5.71. The SMILES string of the molecule is CCCNC(=O)NCCCN1CCCC[C@@H]1CC. The van der Waals surface area contributed by atoms with Crippen LogP contribution in [0, 0.1) is 0 Å². The van der Waals surface area contributed by atoms with Gasteiger partial charge < -0.3 is 15.5 Å². The van der Waals surface area contributed by atoms with E-state index in [1.807, 2.05) is 0 Å². The Bertz CT molecular complexity index is 233. The predicted octanol–water partition coefficient (Wildman–Crippen LogP) is 2.35. The fraction of sp³-hybridized carbons (Fsp3) is 0.929. The Hall–Kier alpha value is -0.770. The Balaban J connectivity index is 2.07. The van der Waals surface area contributed by atoms with E-state index in [0.717, 1.165) is 38.5 Å². The molecule has 0 aromatic rings. The van der Waals surface area contributed by atoms with E-state index < -0.39 is 0 Å². The van der Waals surface area contributed by atoms with Crippen LogP contribution >= 0.6 is 0 Å². The number of carbonyl (C=O) groups excluding carboxylic acids is 1. The van der Waals surface area contributed by atoms with E-state index in [1.165, 1.54) is 32.2 Å². The van der Waals surface area contributed by atoms with E-state index in [2.05, 4.69) is 29.4 Å². The zero-order chi connectivity index (χ0) is 13.2. The number of rotatable bonds is 7. The van der Waals surface area contributed by atoms with E-state index in [-0.39, 0.29) is 6.03 Å². The van der Waals surface area contributed by atoms with Gasteiger partial charge in [0.1, 0.15) is 0 Å². The maximum atomic E-state index is 11.3. The lowest BCUT2D eigenvalue weighted by atomic mass is 10.00. The van der Waals surface area contributed by atoms with Gasteiger partial charge in [-0.3, -0.25) is 0 Å². The first-order valence-corrected chi connectivity index (χ1v) is 7.53. The quantitative estimate of drug-likeness (QED) is 0.686. The monoisotopic (exact) mass is 255 g/mol. The van der Waals surface area contributed by atoms with Crippen molar-refractivity contribution in [3.8, 4) is 0 Å². The summed E-state index contributed by atoms with van der Waals surface area (Å²) < 4.78 is 0. The van der Waals surface area contributed by atoms with Crippen molar-refractivity contribution in [3.63, 3.8) is 0 Å². The smallest absolute Gasteiger partial charge is 0.314 e. The second kappa shape index (κ2) is 9.20. The number of nitrogens with one attached hydrogen (secondary N) is 2. The summed E-state index contributed by atoms with van der Waals surface area (Å²) in [5, 5.41) is 5.74. The molecule has 0 aromatic heterocycles. The molecule has 0 bridgehead atoms. The van der Waals surface area contributed by atoms with Gasteiger partial charge in [-0.25, -0.2) is 4.79 Å². The van der Waals surface area contributed by atoms with Crippen molar-refractivity contribution in [2.75, 3.05) is 26.2 Å². The van der Waals surface area contributed by atoms with Crippen molar-refractivity contribution in [3.05, 3.63) is 0 Å². The molecule has 1 heterocycles. The predicted molar refractivity (Wildman–Crippen MR) is 75.8 cm³/mol. The topological polar surface area (TPSA) is 44.4 Å². The highest BCUT2D eigenvalue weighted by molar-refractivity contribution is 5.73. The summed E-state index contributed by atoms with van der Waals surface area (Å²) in [5.41, 5.74) is 0. The van der Waals surface area contributed by atoms with E-state index in [4.69, 9.17) is 0 Å². The van der Waals surface area contributed by atoms with Gasteiger partial charge in [-0.05, 0) is 38.6 Å². The maximum Gasteiger partial charge on any atom is 0.314 e. The van der Waals surface area contributed by atoms with Crippen molar-refractivity contribution in [2.24, 2.45) is 0 Å². The molecule has 0 saturated carbocycles. The van der Waals surface area contributed by atoms with Gasteiger partial charge in [-0.2, -0.15) is 0 Å². The molecule has 2 amide bonds. The van der Waals surface area contributed by atoms with E-state index in [9.17, 15) is 4.79 Å². The Morgan fingerprint density at radius 1 is 1.22 bits per heavy atom. The molecular formula is C14H29N3O. The summed E-state index contributed by atoms with van der Waals surface area (Å²) in [6.07, 6.45) is 7.36. The van der Waals surface area contributed by atoms with Crippen LogP contribution in [-0.2, 0) is 0 Å². The highest BCUT2D eigenvalue weighted by Gasteiger charge is 2.19. The third-order valence-corrected chi connectivity index (χ3v) is 3.66. The van der Waals surface area contributed by atoms with Crippen molar-refractivity contribution >= 4 is 6.03 Å². The number of likely N-dealkylation sites (tertiary alicyclic amines) is 1. The van der Waals surface area contributed by atoms with Crippen LogP contribution in [0.5, 0.6) is 0 Å². The first-order valence-electron chi connectivity index (χ1n) is 7.53. The van der Waals surface area contributed by atoms with Gasteiger partial charge in [0.2, 0.25) is 0 Å². The van der Waals surface area contributed by atoms with E-state index in [1.54, 1.807) is 0 Å². The van der Waals surface area contributed by atoms with Gasteiger partial charge in [0.05, 0.1) is 0 Å². The normalized spacial score (nSPS) is 20.7. The van der Waals surface area contributed by atoms with Crippen molar-refractivity contribution in [1.82, 2.24) is 15.5 Å². The number of nitrogens with zero attached hydrogens (tertiary/aromatic N) is 1. The first-order chi connectivity index (χ1) is 8.77. The number of urea groups is 1. The Labute approximate surface area is 111 Å². The summed E-state index contributed by atoms with van der Waals surface area (Å²) in [4.78, 5) is 13.9. The number of hydrogen-bond acceptors (Lipinski definition) is 2. The fourth-order valence-electron chi connectivity index (χ4n) is 2.60. The van der Waals surface area contributed by atoms with Gasteiger partial charge in [0, 0.05) is 25.7 Å². The molecule has 2 N–H and O–H groups in total. The summed E-state index contributed by atoms with van der Waals surface area (Å²) in [5.74, 6) is 0. The van der Waals surface area contributed by atoms with Gasteiger partial charge in [0.15, 0.2) is 0 Å². The number of amides is 2. The molecule has 0 radical (unpaired) electrons. The minimum atomic E-state index is -0.0254. The zero-order valence-electron chi connectivity index (χ0n) is 12.0. The van der Waals surface area contributed by atoms with Crippen LogP contribution in [-0.4, -0.2) is 43.2 Å².